The second kappa shape index (κ2) is 7.48. The number of anilines is 2. The highest BCUT2D eigenvalue weighted by atomic mass is 16.2. The second-order valence-electron chi connectivity index (χ2n) is 6.28. The number of benzene rings is 1. The molecule has 1 N–H and O–H groups in total. The van der Waals surface area contributed by atoms with Crippen LogP contribution in [0.4, 0.5) is 11.6 Å². The van der Waals surface area contributed by atoms with E-state index < -0.39 is 0 Å². The van der Waals surface area contributed by atoms with Crippen LogP contribution >= 0.6 is 0 Å². The Morgan fingerprint density at radius 3 is 2.36 bits per heavy atom. The molecule has 0 saturated carbocycles. The van der Waals surface area contributed by atoms with Gasteiger partial charge < -0.3 is 14.8 Å². The van der Waals surface area contributed by atoms with Gasteiger partial charge in [-0.1, -0.05) is 0 Å². The summed E-state index contributed by atoms with van der Waals surface area (Å²) < 4.78 is 2.01. The van der Waals surface area contributed by atoms with Crippen molar-refractivity contribution in [2.45, 2.75) is 6.92 Å². The third-order valence-electron chi connectivity index (χ3n) is 4.39. The molecule has 132 valence electrons. The quantitative estimate of drug-likeness (QED) is 0.832. The number of piperazine rings is 1. The maximum absolute atomic E-state index is 12.2. The molecule has 0 unspecified atom stereocenters. The Morgan fingerprint density at radius 1 is 1.12 bits per heavy atom. The van der Waals surface area contributed by atoms with E-state index in [2.05, 4.69) is 20.1 Å². The SMILES string of the molecule is CC(=O)c1ccc(NC(=O)CN2CCN(c3nccn3C)CC2)cc1. The van der Waals surface area contributed by atoms with Crippen molar-refractivity contribution in [3.05, 3.63) is 42.2 Å². The van der Waals surface area contributed by atoms with Crippen molar-refractivity contribution in [1.82, 2.24) is 14.5 Å². The lowest BCUT2D eigenvalue weighted by atomic mass is 10.1. The minimum absolute atomic E-state index is 0.0171. The molecule has 2 heterocycles. The number of carbonyl (C=O) groups is 2. The van der Waals surface area contributed by atoms with Crippen molar-refractivity contribution in [2.75, 3.05) is 42.9 Å². The molecule has 25 heavy (non-hydrogen) atoms. The Hall–Kier alpha value is -2.67. The third kappa shape index (κ3) is 4.24. The number of hydrogen-bond acceptors (Lipinski definition) is 5. The molecule has 1 fully saturated rings. The molecule has 7 nitrogen and oxygen atoms in total. The largest absolute Gasteiger partial charge is 0.340 e. The number of amides is 1. The van der Waals surface area contributed by atoms with Crippen LogP contribution in [0.1, 0.15) is 17.3 Å². The van der Waals surface area contributed by atoms with Crippen LogP contribution in [0.2, 0.25) is 0 Å². The first-order valence-corrected chi connectivity index (χ1v) is 8.38. The number of Topliss-reactive ketones (excluding diaryl/α,β-unsaturated/α-hetero) is 1. The van der Waals surface area contributed by atoms with Crippen LogP contribution in [0.25, 0.3) is 0 Å². The number of nitrogens with one attached hydrogen (secondary N) is 1. The van der Waals surface area contributed by atoms with Gasteiger partial charge in [0.05, 0.1) is 6.54 Å². The van der Waals surface area contributed by atoms with Crippen molar-refractivity contribution in [1.29, 1.82) is 0 Å². The van der Waals surface area contributed by atoms with Gasteiger partial charge in [-0.2, -0.15) is 0 Å². The first-order chi connectivity index (χ1) is 12.0. The molecular weight excluding hydrogens is 318 g/mol. The van der Waals surface area contributed by atoms with Crippen molar-refractivity contribution >= 4 is 23.3 Å². The second-order valence-corrected chi connectivity index (χ2v) is 6.28. The molecule has 1 aromatic carbocycles. The number of aromatic nitrogens is 2. The smallest absolute Gasteiger partial charge is 0.238 e. The van der Waals surface area contributed by atoms with Gasteiger partial charge in [-0.05, 0) is 31.2 Å². The summed E-state index contributed by atoms with van der Waals surface area (Å²) in [6, 6.07) is 6.97. The highest BCUT2D eigenvalue weighted by Crippen LogP contribution is 2.13. The third-order valence-corrected chi connectivity index (χ3v) is 4.39. The minimum atomic E-state index is -0.0407. The molecule has 7 heteroatoms. The monoisotopic (exact) mass is 341 g/mol. The average Bonchev–Trinajstić information content (AvgIpc) is 3.02. The van der Waals surface area contributed by atoms with E-state index in [9.17, 15) is 9.59 Å². The van der Waals surface area contributed by atoms with Crippen LogP contribution in [0.5, 0.6) is 0 Å². The van der Waals surface area contributed by atoms with E-state index in [1.807, 2.05) is 17.8 Å². The fraction of sp³-hybridized carbons (Fsp3) is 0.389. The molecule has 2 aromatic rings. The van der Waals surface area contributed by atoms with E-state index in [1.165, 1.54) is 6.92 Å². The lowest BCUT2D eigenvalue weighted by molar-refractivity contribution is -0.117. The van der Waals surface area contributed by atoms with E-state index >= 15 is 0 Å². The Morgan fingerprint density at radius 2 is 1.80 bits per heavy atom. The zero-order valence-corrected chi connectivity index (χ0v) is 14.6. The van der Waals surface area contributed by atoms with Gasteiger partial charge in [0.25, 0.3) is 0 Å². The summed E-state index contributed by atoms with van der Waals surface area (Å²) in [5, 5.41) is 2.88. The van der Waals surface area contributed by atoms with Crippen molar-refractivity contribution in [3.63, 3.8) is 0 Å². The molecule has 1 amide bonds. The summed E-state index contributed by atoms with van der Waals surface area (Å²) >= 11 is 0. The highest BCUT2D eigenvalue weighted by Gasteiger charge is 2.21. The summed E-state index contributed by atoms with van der Waals surface area (Å²) in [5.74, 6) is 0.944. The van der Waals surface area contributed by atoms with Crippen molar-refractivity contribution in [3.8, 4) is 0 Å². The number of hydrogen-bond donors (Lipinski definition) is 1. The van der Waals surface area contributed by atoms with Crippen LogP contribution < -0.4 is 10.2 Å². The van der Waals surface area contributed by atoms with E-state index in [0.29, 0.717) is 17.8 Å². The van der Waals surface area contributed by atoms with Crippen molar-refractivity contribution < 1.29 is 9.59 Å². The summed E-state index contributed by atoms with van der Waals surface area (Å²) in [7, 11) is 1.99. The fourth-order valence-electron chi connectivity index (χ4n) is 2.96. The Kier molecular flexibility index (Phi) is 5.14. The molecule has 0 radical (unpaired) electrons. The van der Waals surface area contributed by atoms with Gasteiger partial charge >= 0.3 is 0 Å². The lowest BCUT2D eigenvalue weighted by Crippen LogP contribution is -2.49. The van der Waals surface area contributed by atoms with Gasteiger partial charge in [-0.3, -0.25) is 14.5 Å². The maximum atomic E-state index is 12.2. The normalized spacial score (nSPS) is 15.2. The Bertz CT molecular complexity index is 745. The average molecular weight is 341 g/mol. The minimum Gasteiger partial charge on any atom is -0.340 e. The lowest BCUT2D eigenvalue weighted by Gasteiger charge is -2.34. The van der Waals surface area contributed by atoms with Gasteiger partial charge in [-0.15, -0.1) is 0 Å². The summed E-state index contributed by atoms with van der Waals surface area (Å²) in [6.45, 7) is 5.24. The molecule has 0 bridgehead atoms. The molecular formula is C18H23N5O2. The first kappa shape index (κ1) is 17.2. The molecule has 0 spiro atoms. The van der Waals surface area contributed by atoms with E-state index in [-0.39, 0.29) is 11.7 Å². The highest BCUT2D eigenvalue weighted by molar-refractivity contribution is 5.96. The molecule has 1 aliphatic rings. The molecule has 0 aliphatic carbocycles. The maximum Gasteiger partial charge on any atom is 0.238 e. The number of aryl methyl sites for hydroxylation is 1. The van der Waals surface area contributed by atoms with Crippen LogP contribution in [0.15, 0.2) is 36.7 Å². The van der Waals surface area contributed by atoms with Crippen LogP contribution in [0.3, 0.4) is 0 Å². The zero-order valence-electron chi connectivity index (χ0n) is 14.6. The van der Waals surface area contributed by atoms with E-state index in [0.717, 1.165) is 32.1 Å². The number of carbonyl (C=O) groups excluding carboxylic acids is 2. The number of rotatable bonds is 5. The van der Waals surface area contributed by atoms with Gasteiger partial charge in [0.15, 0.2) is 5.78 Å². The topological polar surface area (TPSA) is 70.5 Å². The van der Waals surface area contributed by atoms with Crippen LogP contribution in [-0.4, -0.2) is 58.9 Å². The van der Waals surface area contributed by atoms with Gasteiger partial charge in [0, 0.05) is 56.9 Å². The number of ketones is 1. The summed E-state index contributed by atoms with van der Waals surface area (Å²) in [5.41, 5.74) is 1.35. The summed E-state index contributed by atoms with van der Waals surface area (Å²) in [4.78, 5) is 32.2. The van der Waals surface area contributed by atoms with E-state index in [1.54, 1.807) is 30.5 Å². The van der Waals surface area contributed by atoms with Gasteiger partial charge in [0.1, 0.15) is 0 Å². The van der Waals surface area contributed by atoms with Crippen LogP contribution in [-0.2, 0) is 11.8 Å². The Balaban J connectivity index is 1.48. The molecule has 1 aliphatic heterocycles. The first-order valence-electron chi connectivity index (χ1n) is 8.38. The predicted molar refractivity (Wildman–Crippen MR) is 96.9 cm³/mol. The van der Waals surface area contributed by atoms with Crippen molar-refractivity contribution in [2.24, 2.45) is 7.05 Å². The van der Waals surface area contributed by atoms with E-state index in [4.69, 9.17) is 0 Å². The predicted octanol–water partition coefficient (Wildman–Crippen LogP) is 1.38. The van der Waals surface area contributed by atoms with Gasteiger partial charge in [0.2, 0.25) is 11.9 Å². The zero-order chi connectivity index (χ0) is 17.8. The standard InChI is InChI=1S/C18H23N5O2/c1-14(24)15-3-5-16(6-4-15)20-17(25)13-22-9-11-23(12-10-22)18-19-7-8-21(18)2/h3-8H,9-13H2,1-2H3,(H,20,25). The fourth-order valence-corrected chi connectivity index (χ4v) is 2.96. The molecule has 1 aromatic heterocycles. The number of imidazole rings is 1. The number of nitrogens with zero attached hydrogens (tertiary/aromatic N) is 4. The van der Waals surface area contributed by atoms with Gasteiger partial charge in [-0.25, -0.2) is 4.98 Å². The Labute approximate surface area is 147 Å². The summed E-state index contributed by atoms with van der Waals surface area (Å²) in [6.07, 6.45) is 3.74. The van der Waals surface area contributed by atoms with Crippen LogP contribution in [0, 0.1) is 0 Å². The molecule has 0 atom stereocenters. The molecule has 1 saturated heterocycles. The molecule has 3 rings (SSSR count).